The van der Waals surface area contributed by atoms with Crippen LogP contribution < -0.4 is 14.8 Å². The quantitative estimate of drug-likeness (QED) is 0.633. The molecule has 21 heavy (non-hydrogen) atoms. The van der Waals surface area contributed by atoms with E-state index in [0.717, 1.165) is 16.2 Å². The van der Waals surface area contributed by atoms with Gasteiger partial charge in [0.05, 0.1) is 0 Å². The summed E-state index contributed by atoms with van der Waals surface area (Å²) in [6.07, 6.45) is 1.95. The molecule has 0 unspecified atom stereocenters. The van der Waals surface area contributed by atoms with Crippen molar-refractivity contribution in [2.45, 2.75) is 16.9 Å². The Kier molecular flexibility index (Phi) is 5.95. The number of halogens is 3. The predicted octanol–water partition coefficient (Wildman–Crippen LogP) is 3.52. The number of benzene rings is 1. The number of hydrogen-bond acceptors (Lipinski definition) is 5. The van der Waals surface area contributed by atoms with E-state index >= 15 is 0 Å². The van der Waals surface area contributed by atoms with Crippen molar-refractivity contribution in [1.82, 2.24) is 5.32 Å². The van der Waals surface area contributed by atoms with Crippen LogP contribution in [0, 0.1) is 0 Å². The molecule has 0 bridgehead atoms. The first-order valence-electron chi connectivity index (χ1n) is 6.37. The fraction of sp³-hybridized carbons (Fsp3) is 0.538. The van der Waals surface area contributed by atoms with Gasteiger partial charge in [0, 0.05) is 23.7 Å². The molecule has 0 fully saturated rings. The molecule has 0 saturated heterocycles. The third-order valence-electron chi connectivity index (χ3n) is 2.81. The van der Waals surface area contributed by atoms with E-state index in [4.69, 9.17) is 9.47 Å². The number of rotatable bonds is 6. The molecule has 0 aromatic heterocycles. The summed E-state index contributed by atoms with van der Waals surface area (Å²) in [7, 11) is 0. The number of hydrogen-bond donors (Lipinski definition) is 1. The molecule has 0 saturated carbocycles. The molecule has 0 atom stereocenters. The Labute approximate surface area is 129 Å². The van der Waals surface area contributed by atoms with E-state index in [9.17, 15) is 13.2 Å². The van der Waals surface area contributed by atoms with Crippen LogP contribution in [0.3, 0.4) is 0 Å². The highest BCUT2D eigenvalue weighted by Gasteiger charge is 2.27. The van der Waals surface area contributed by atoms with Gasteiger partial charge in [-0.15, -0.1) is 11.8 Å². The highest BCUT2D eigenvalue weighted by molar-refractivity contribution is 8.00. The minimum absolute atomic E-state index is 0.00263. The molecular formula is C13H16F3NO2S2. The van der Waals surface area contributed by atoms with Gasteiger partial charge in [-0.2, -0.15) is 13.2 Å². The molecule has 0 radical (unpaired) electrons. The molecule has 1 aromatic carbocycles. The number of ether oxygens (including phenoxy) is 2. The Bertz CT molecular complexity index is 483. The topological polar surface area (TPSA) is 30.5 Å². The summed E-state index contributed by atoms with van der Waals surface area (Å²) >= 11 is 1.56. The maximum atomic E-state index is 12.0. The molecule has 1 aromatic rings. The Hall–Kier alpha value is -0.730. The molecule has 0 amide bonds. The Morgan fingerprint density at radius 2 is 1.86 bits per heavy atom. The SMILES string of the molecule is CSc1cc2c(cc1CNCCSC(F)(F)F)OCCO2. The first-order chi connectivity index (χ1) is 9.99. The lowest BCUT2D eigenvalue weighted by molar-refractivity contribution is -0.0327. The number of fused-ring (bicyclic) bond motifs is 1. The lowest BCUT2D eigenvalue weighted by Gasteiger charge is -2.21. The normalized spacial score (nSPS) is 14.3. The smallest absolute Gasteiger partial charge is 0.441 e. The van der Waals surface area contributed by atoms with Gasteiger partial charge in [0.1, 0.15) is 13.2 Å². The van der Waals surface area contributed by atoms with Gasteiger partial charge < -0.3 is 14.8 Å². The lowest BCUT2D eigenvalue weighted by atomic mass is 10.2. The van der Waals surface area contributed by atoms with Crippen molar-refractivity contribution in [3.8, 4) is 11.5 Å². The van der Waals surface area contributed by atoms with Crippen molar-refractivity contribution in [2.75, 3.05) is 31.8 Å². The van der Waals surface area contributed by atoms with Crippen molar-refractivity contribution in [1.29, 1.82) is 0 Å². The first-order valence-corrected chi connectivity index (χ1v) is 8.58. The number of alkyl halides is 3. The highest BCUT2D eigenvalue weighted by atomic mass is 32.2. The van der Waals surface area contributed by atoms with Crippen LogP contribution in [0.1, 0.15) is 5.56 Å². The minimum atomic E-state index is -4.16. The van der Waals surface area contributed by atoms with E-state index in [2.05, 4.69) is 5.32 Å². The van der Waals surface area contributed by atoms with Gasteiger partial charge in [0.15, 0.2) is 11.5 Å². The summed E-state index contributed by atoms with van der Waals surface area (Å²) < 4.78 is 47.1. The zero-order chi connectivity index (χ0) is 15.3. The van der Waals surface area contributed by atoms with Crippen molar-refractivity contribution in [2.24, 2.45) is 0 Å². The van der Waals surface area contributed by atoms with Gasteiger partial charge in [-0.25, -0.2) is 0 Å². The molecule has 3 nitrogen and oxygen atoms in total. The third kappa shape index (κ3) is 5.19. The molecule has 1 aliphatic rings. The van der Waals surface area contributed by atoms with Crippen LogP contribution in [0.25, 0.3) is 0 Å². The van der Waals surface area contributed by atoms with E-state index in [0.29, 0.717) is 32.1 Å². The fourth-order valence-electron chi connectivity index (χ4n) is 1.90. The molecule has 0 spiro atoms. The van der Waals surface area contributed by atoms with Gasteiger partial charge in [-0.05, 0) is 35.7 Å². The monoisotopic (exact) mass is 339 g/mol. The molecule has 1 aliphatic heterocycles. The van der Waals surface area contributed by atoms with E-state index in [-0.39, 0.29) is 17.5 Å². The minimum Gasteiger partial charge on any atom is -0.486 e. The largest absolute Gasteiger partial charge is 0.486 e. The van der Waals surface area contributed by atoms with Crippen LogP contribution in [0.5, 0.6) is 11.5 Å². The van der Waals surface area contributed by atoms with Crippen molar-refractivity contribution < 1.29 is 22.6 Å². The molecule has 0 aliphatic carbocycles. The van der Waals surface area contributed by atoms with Gasteiger partial charge in [-0.1, -0.05) is 0 Å². The Balaban J connectivity index is 1.90. The predicted molar refractivity (Wildman–Crippen MR) is 79.4 cm³/mol. The van der Waals surface area contributed by atoms with Gasteiger partial charge >= 0.3 is 5.51 Å². The summed E-state index contributed by atoms with van der Waals surface area (Å²) in [5.41, 5.74) is -3.16. The second-order valence-electron chi connectivity index (χ2n) is 4.28. The molecule has 1 heterocycles. The highest BCUT2D eigenvalue weighted by Crippen LogP contribution is 2.36. The van der Waals surface area contributed by atoms with Crippen LogP contribution in [-0.2, 0) is 6.54 Å². The molecule has 2 rings (SSSR count). The van der Waals surface area contributed by atoms with Crippen molar-refractivity contribution in [3.05, 3.63) is 17.7 Å². The molecule has 118 valence electrons. The van der Waals surface area contributed by atoms with Gasteiger partial charge in [-0.3, -0.25) is 0 Å². The number of thioether (sulfide) groups is 2. The summed E-state index contributed by atoms with van der Waals surface area (Å²) in [4.78, 5) is 1.04. The second kappa shape index (κ2) is 7.51. The Morgan fingerprint density at radius 3 is 2.48 bits per heavy atom. The first kappa shape index (κ1) is 16.6. The molecular weight excluding hydrogens is 323 g/mol. The summed E-state index contributed by atoms with van der Waals surface area (Å²) in [5, 5.41) is 3.03. The summed E-state index contributed by atoms with van der Waals surface area (Å²) in [5.74, 6) is 1.42. The van der Waals surface area contributed by atoms with Crippen molar-refractivity contribution in [3.63, 3.8) is 0 Å². The number of nitrogens with one attached hydrogen (secondary N) is 1. The van der Waals surface area contributed by atoms with Gasteiger partial charge in [0.2, 0.25) is 0 Å². The van der Waals surface area contributed by atoms with Gasteiger partial charge in [0.25, 0.3) is 0 Å². The van der Waals surface area contributed by atoms with E-state index in [1.54, 1.807) is 11.8 Å². The zero-order valence-corrected chi connectivity index (χ0v) is 13.1. The van der Waals surface area contributed by atoms with E-state index in [1.165, 1.54) is 0 Å². The molecule has 8 heteroatoms. The Morgan fingerprint density at radius 1 is 1.19 bits per heavy atom. The lowest BCUT2D eigenvalue weighted by Crippen LogP contribution is -2.20. The fourth-order valence-corrected chi connectivity index (χ4v) is 3.00. The maximum Gasteiger partial charge on any atom is 0.441 e. The van der Waals surface area contributed by atoms with Crippen LogP contribution in [0.4, 0.5) is 13.2 Å². The van der Waals surface area contributed by atoms with E-state index in [1.807, 2.05) is 18.4 Å². The summed E-state index contributed by atoms with van der Waals surface area (Å²) in [6.45, 7) is 1.85. The average Bonchev–Trinajstić information content (AvgIpc) is 2.44. The molecule has 1 N–H and O–H groups in total. The second-order valence-corrected chi connectivity index (χ2v) is 6.29. The average molecular weight is 339 g/mol. The van der Waals surface area contributed by atoms with Crippen LogP contribution in [-0.4, -0.2) is 37.3 Å². The standard InChI is InChI=1S/C13H16F3NO2S2/c1-20-12-7-11-10(18-3-4-19-11)6-9(12)8-17-2-5-21-13(14,15)16/h6-7,17H,2-5,8H2,1H3. The zero-order valence-electron chi connectivity index (χ0n) is 11.5. The van der Waals surface area contributed by atoms with E-state index < -0.39 is 5.51 Å². The third-order valence-corrected chi connectivity index (χ3v) is 4.36. The summed E-state index contributed by atoms with van der Waals surface area (Å²) in [6, 6.07) is 3.81. The van der Waals surface area contributed by atoms with Crippen LogP contribution in [0.2, 0.25) is 0 Å². The van der Waals surface area contributed by atoms with Crippen molar-refractivity contribution >= 4 is 23.5 Å². The maximum absolute atomic E-state index is 12.0. The van der Waals surface area contributed by atoms with Crippen LogP contribution >= 0.6 is 23.5 Å². The van der Waals surface area contributed by atoms with Crippen LogP contribution in [0.15, 0.2) is 17.0 Å².